The summed E-state index contributed by atoms with van der Waals surface area (Å²) < 4.78 is 7.45. The number of anilines is 1. The third-order valence-corrected chi connectivity index (χ3v) is 2.18. The molecule has 0 unspecified atom stereocenters. The van der Waals surface area contributed by atoms with Crippen molar-refractivity contribution < 1.29 is 4.74 Å². The van der Waals surface area contributed by atoms with Gasteiger partial charge in [-0.05, 0) is 30.7 Å². The summed E-state index contributed by atoms with van der Waals surface area (Å²) in [4.78, 5) is 4.08. The minimum absolute atomic E-state index is 0.572. The molecule has 2 rings (SSSR count). The van der Waals surface area contributed by atoms with Gasteiger partial charge in [0.1, 0.15) is 5.75 Å². The van der Waals surface area contributed by atoms with Crippen LogP contribution in [0.15, 0.2) is 30.6 Å². The molecule has 1 aromatic carbocycles. The molecule has 4 nitrogen and oxygen atoms in total. The van der Waals surface area contributed by atoms with Crippen molar-refractivity contribution >= 4 is 5.69 Å². The first-order valence-electron chi connectivity index (χ1n) is 4.68. The number of ether oxygens (including phenoxy) is 1. The van der Waals surface area contributed by atoms with E-state index < -0.39 is 0 Å². The number of aromatic nitrogens is 2. The highest BCUT2D eigenvalue weighted by Gasteiger charge is 2.04. The lowest BCUT2D eigenvalue weighted by Crippen LogP contribution is -1.95. The number of rotatable bonds is 2. The van der Waals surface area contributed by atoms with Crippen LogP contribution in [-0.4, -0.2) is 9.55 Å². The first kappa shape index (κ1) is 9.58. The molecule has 78 valence electrons. The molecule has 0 spiro atoms. The molecule has 1 aromatic heterocycles. The summed E-state index contributed by atoms with van der Waals surface area (Å²) in [5.41, 5.74) is 7.39. The van der Waals surface area contributed by atoms with Crippen molar-refractivity contribution in [2.75, 3.05) is 5.73 Å². The average molecular weight is 203 g/mol. The molecular weight excluding hydrogens is 190 g/mol. The van der Waals surface area contributed by atoms with Gasteiger partial charge in [0, 0.05) is 25.1 Å². The van der Waals surface area contributed by atoms with E-state index in [-0.39, 0.29) is 0 Å². The maximum absolute atomic E-state index is 5.65. The van der Waals surface area contributed by atoms with Gasteiger partial charge in [0.05, 0.1) is 0 Å². The van der Waals surface area contributed by atoms with Gasteiger partial charge in [-0.1, -0.05) is 0 Å². The third kappa shape index (κ3) is 1.93. The normalized spacial score (nSPS) is 10.3. The number of imidazole rings is 1. The maximum Gasteiger partial charge on any atom is 0.301 e. The number of nitrogens with two attached hydrogens (primary N) is 1. The van der Waals surface area contributed by atoms with Gasteiger partial charge in [0.2, 0.25) is 0 Å². The Labute approximate surface area is 88.3 Å². The van der Waals surface area contributed by atoms with E-state index in [2.05, 4.69) is 4.98 Å². The predicted octanol–water partition coefficient (Wildman–Crippen LogP) is 2.10. The van der Waals surface area contributed by atoms with Crippen LogP contribution in [0.25, 0.3) is 0 Å². The molecule has 15 heavy (non-hydrogen) atoms. The third-order valence-electron chi connectivity index (χ3n) is 2.18. The first-order chi connectivity index (χ1) is 7.16. The summed E-state index contributed by atoms with van der Waals surface area (Å²) >= 11 is 0. The van der Waals surface area contributed by atoms with E-state index in [0.29, 0.717) is 6.01 Å². The lowest BCUT2D eigenvalue weighted by molar-refractivity contribution is 0.422. The Morgan fingerprint density at radius 1 is 1.40 bits per heavy atom. The summed E-state index contributed by atoms with van der Waals surface area (Å²) in [6.07, 6.45) is 3.53. The van der Waals surface area contributed by atoms with Gasteiger partial charge in [0.15, 0.2) is 0 Å². The van der Waals surface area contributed by atoms with Crippen LogP contribution < -0.4 is 10.5 Å². The Morgan fingerprint density at radius 2 is 2.20 bits per heavy atom. The molecule has 2 N–H and O–H groups in total. The SMILES string of the molecule is Cc1cc(N)ccc1Oc1nccn1C. The van der Waals surface area contributed by atoms with Gasteiger partial charge in [-0.15, -0.1) is 0 Å². The number of nitrogen functional groups attached to an aromatic ring is 1. The van der Waals surface area contributed by atoms with Gasteiger partial charge < -0.3 is 15.0 Å². The lowest BCUT2D eigenvalue weighted by Gasteiger charge is -2.08. The molecule has 0 saturated carbocycles. The van der Waals surface area contributed by atoms with Crippen LogP contribution in [0, 0.1) is 6.92 Å². The van der Waals surface area contributed by atoms with E-state index in [0.717, 1.165) is 17.0 Å². The topological polar surface area (TPSA) is 53.1 Å². The fourth-order valence-corrected chi connectivity index (χ4v) is 1.34. The monoisotopic (exact) mass is 203 g/mol. The molecule has 0 bridgehead atoms. The first-order valence-corrected chi connectivity index (χ1v) is 4.68. The summed E-state index contributed by atoms with van der Waals surface area (Å²) in [5.74, 6) is 0.776. The van der Waals surface area contributed by atoms with Crippen molar-refractivity contribution in [1.29, 1.82) is 0 Å². The van der Waals surface area contributed by atoms with E-state index in [1.54, 1.807) is 6.20 Å². The van der Waals surface area contributed by atoms with Crippen LogP contribution in [0.4, 0.5) is 5.69 Å². The zero-order chi connectivity index (χ0) is 10.8. The van der Waals surface area contributed by atoms with Crippen molar-refractivity contribution in [1.82, 2.24) is 9.55 Å². The Bertz CT molecular complexity index is 476. The Hall–Kier alpha value is -1.97. The van der Waals surface area contributed by atoms with Crippen LogP contribution in [0.3, 0.4) is 0 Å². The fourth-order valence-electron chi connectivity index (χ4n) is 1.34. The molecule has 1 heterocycles. The summed E-state index contributed by atoms with van der Waals surface area (Å²) in [7, 11) is 1.88. The Balaban J connectivity index is 2.29. The van der Waals surface area contributed by atoms with Crippen molar-refractivity contribution in [2.45, 2.75) is 6.92 Å². The molecule has 0 aliphatic rings. The summed E-state index contributed by atoms with van der Waals surface area (Å²) in [6, 6.07) is 6.10. The second kappa shape index (κ2) is 3.65. The molecule has 0 aliphatic carbocycles. The van der Waals surface area contributed by atoms with E-state index in [1.165, 1.54) is 0 Å². The number of nitrogens with zero attached hydrogens (tertiary/aromatic N) is 2. The smallest absolute Gasteiger partial charge is 0.301 e. The molecule has 0 saturated heterocycles. The largest absolute Gasteiger partial charge is 0.425 e. The molecule has 0 atom stereocenters. The van der Waals surface area contributed by atoms with E-state index in [1.807, 2.05) is 42.9 Å². The summed E-state index contributed by atoms with van der Waals surface area (Å²) in [5, 5.41) is 0. The highest BCUT2D eigenvalue weighted by Crippen LogP contribution is 2.24. The minimum atomic E-state index is 0.572. The van der Waals surface area contributed by atoms with E-state index >= 15 is 0 Å². The maximum atomic E-state index is 5.65. The van der Waals surface area contributed by atoms with Crippen molar-refractivity contribution in [2.24, 2.45) is 7.05 Å². The van der Waals surface area contributed by atoms with E-state index in [4.69, 9.17) is 10.5 Å². The number of aryl methyl sites for hydroxylation is 2. The quantitative estimate of drug-likeness (QED) is 0.760. The number of hydrogen-bond donors (Lipinski definition) is 1. The molecular formula is C11H13N3O. The van der Waals surface area contributed by atoms with Gasteiger partial charge in [-0.25, -0.2) is 4.98 Å². The molecule has 0 fully saturated rings. The second-order valence-electron chi connectivity index (χ2n) is 3.45. The standard InChI is InChI=1S/C11H13N3O/c1-8-7-9(12)3-4-10(8)15-11-13-5-6-14(11)2/h3-7H,12H2,1-2H3. The zero-order valence-corrected chi connectivity index (χ0v) is 8.77. The fraction of sp³-hybridized carbons (Fsp3) is 0.182. The molecule has 0 aliphatic heterocycles. The van der Waals surface area contributed by atoms with Crippen molar-refractivity contribution in [3.05, 3.63) is 36.2 Å². The van der Waals surface area contributed by atoms with E-state index in [9.17, 15) is 0 Å². The molecule has 2 aromatic rings. The summed E-state index contributed by atoms with van der Waals surface area (Å²) in [6.45, 7) is 1.95. The lowest BCUT2D eigenvalue weighted by atomic mass is 10.2. The van der Waals surface area contributed by atoms with Gasteiger partial charge in [-0.2, -0.15) is 0 Å². The van der Waals surface area contributed by atoms with Crippen LogP contribution in [0.2, 0.25) is 0 Å². The Kier molecular flexibility index (Phi) is 2.33. The average Bonchev–Trinajstić information content (AvgIpc) is 2.57. The molecule has 0 amide bonds. The van der Waals surface area contributed by atoms with Crippen LogP contribution in [0.1, 0.15) is 5.56 Å². The molecule has 4 heteroatoms. The van der Waals surface area contributed by atoms with Crippen LogP contribution >= 0.6 is 0 Å². The predicted molar refractivity (Wildman–Crippen MR) is 58.9 cm³/mol. The van der Waals surface area contributed by atoms with Gasteiger partial charge >= 0.3 is 6.01 Å². The van der Waals surface area contributed by atoms with Crippen LogP contribution in [0.5, 0.6) is 11.8 Å². The molecule has 0 radical (unpaired) electrons. The number of benzene rings is 1. The highest BCUT2D eigenvalue weighted by atomic mass is 16.5. The van der Waals surface area contributed by atoms with Crippen LogP contribution in [-0.2, 0) is 7.05 Å². The van der Waals surface area contributed by atoms with Crippen molar-refractivity contribution in [3.63, 3.8) is 0 Å². The highest BCUT2D eigenvalue weighted by molar-refractivity contribution is 5.47. The number of hydrogen-bond acceptors (Lipinski definition) is 3. The zero-order valence-electron chi connectivity index (χ0n) is 8.77. The minimum Gasteiger partial charge on any atom is -0.425 e. The second-order valence-corrected chi connectivity index (χ2v) is 3.45. The van der Waals surface area contributed by atoms with Crippen molar-refractivity contribution in [3.8, 4) is 11.8 Å². The van der Waals surface area contributed by atoms with Gasteiger partial charge in [-0.3, -0.25) is 0 Å². The van der Waals surface area contributed by atoms with Gasteiger partial charge in [0.25, 0.3) is 0 Å². The Morgan fingerprint density at radius 3 is 2.80 bits per heavy atom.